The number of aromatic nitrogens is 1. The number of thiazole rings is 1. The predicted molar refractivity (Wildman–Crippen MR) is 77.1 cm³/mol. The van der Waals surface area contributed by atoms with E-state index < -0.39 is 0 Å². The first kappa shape index (κ1) is 13.8. The number of nitrogens with one attached hydrogen (secondary N) is 1. The van der Waals surface area contributed by atoms with Crippen molar-refractivity contribution in [3.8, 4) is 0 Å². The van der Waals surface area contributed by atoms with Crippen LogP contribution in [0.2, 0.25) is 10.0 Å². The normalized spacial score (nSPS) is 12.7. The molecule has 2 rings (SSSR count). The first-order valence-corrected chi connectivity index (χ1v) is 7.06. The van der Waals surface area contributed by atoms with Crippen LogP contribution in [0.3, 0.4) is 0 Å². The highest BCUT2D eigenvalue weighted by atomic mass is 35.5. The van der Waals surface area contributed by atoms with Crippen molar-refractivity contribution in [1.82, 2.24) is 10.4 Å². The largest absolute Gasteiger partial charge is 0.271 e. The Morgan fingerprint density at radius 2 is 2.22 bits per heavy atom. The Morgan fingerprint density at radius 3 is 2.78 bits per heavy atom. The van der Waals surface area contributed by atoms with Crippen LogP contribution in [-0.4, -0.2) is 4.98 Å². The molecule has 1 unspecified atom stereocenters. The SMILES string of the molecule is Cc1csc(CC(NN)c2ccc(Cl)cc2Cl)n1. The van der Waals surface area contributed by atoms with E-state index in [1.165, 1.54) is 0 Å². The molecule has 18 heavy (non-hydrogen) atoms. The number of nitrogens with zero attached hydrogens (tertiary/aromatic N) is 1. The van der Waals surface area contributed by atoms with Crippen molar-refractivity contribution in [2.45, 2.75) is 19.4 Å². The van der Waals surface area contributed by atoms with Crippen LogP contribution in [0.4, 0.5) is 0 Å². The van der Waals surface area contributed by atoms with Crippen molar-refractivity contribution in [1.29, 1.82) is 0 Å². The Labute approximate surface area is 120 Å². The van der Waals surface area contributed by atoms with Gasteiger partial charge in [-0.2, -0.15) is 0 Å². The van der Waals surface area contributed by atoms with Crippen LogP contribution < -0.4 is 11.3 Å². The first-order chi connectivity index (χ1) is 8.60. The maximum absolute atomic E-state index is 6.18. The lowest BCUT2D eigenvalue weighted by Crippen LogP contribution is -2.29. The number of hydrazine groups is 1. The van der Waals surface area contributed by atoms with Crippen LogP contribution >= 0.6 is 34.5 Å². The summed E-state index contributed by atoms with van der Waals surface area (Å²) in [5, 5.41) is 4.27. The number of nitrogens with two attached hydrogens (primary N) is 1. The van der Waals surface area contributed by atoms with Crippen molar-refractivity contribution in [2.24, 2.45) is 5.84 Å². The summed E-state index contributed by atoms with van der Waals surface area (Å²) in [6.07, 6.45) is 0.705. The molecule has 1 atom stereocenters. The lowest BCUT2D eigenvalue weighted by Gasteiger charge is -2.16. The fraction of sp³-hybridized carbons (Fsp3) is 0.250. The molecule has 0 saturated carbocycles. The van der Waals surface area contributed by atoms with Gasteiger partial charge in [-0.3, -0.25) is 11.3 Å². The van der Waals surface area contributed by atoms with E-state index in [2.05, 4.69) is 10.4 Å². The summed E-state index contributed by atoms with van der Waals surface area (Å²) < 4.78 is 0. The van der Waals surface area contributed by atoms with E-state index in [1.54, 1.807) is 23.5 Å². The summed E-state index contributed by atoms with van der Waals surface area (Å²) >= 11 is 13.7. The molecule has 3 nitrogen and oxygen atoms in total. The molecule has 0 aliphatic heterocycles. The number of hydrogen-bond donors (Lipinski definition) is 2. The Kier molecular flexibility index (Phi) is 4.59. The van der Waals surface area contributed by atoms with Gasteiger partial charge >= 0.3 is 0 Å². The summed E-state index contributed by atoms with van der Waals surface area (Å²) in [6.45, 7) is 1.97. The van der Waals surface area contributed by atoms with Gasteiger partial charge in [-0.05, 0) is 24.6 Å². The smallest absolute Gasteiger partial charge is 0.0947 e. The molecule has 3 N–H and O–H groups in total. The third kappa shape index (κ3) is 3.22. The van der Waals surface area contributed by atoms with E-state index in [9.17, 15) is 0 Å². The van der Waals surface area contributed by atoms with Crippen LogP contribution in [0.15, 0.2) is 23.6 Å². The van der Waals surface area contributed by atoms with Crippen molar-refractivity contribution in [3.05, 3.63) is 49.9 Å². The Morgan fingerprint density at radius 1 is 1.44 bits per heavy atom. The van der Waals surface area contributed by atoms with Crippen LogP contribution in [0.25, 0.3) is 0 Å². The highest BCUT2D eigenvalue weighted by Gasteiger charge is 2.15. The molecule has 0 fully saturated rings. The molecule has 1 aromatic heterocycles. The van der Waals surface area contributed by atoms with E-state index >= 15 is 0 Å². The molecule has 0 saturated heterocycles. The predicted octanol–water partition coefficient (Wildman–Crippen LogP) is 3.51. The van der Waals surface area contributed by atoms with Gasteiger partial charge in [-0.25, -0.2) is 4.98 Å². The van der Waals surface area contributed by atoms with Gasteiger partial charge in [0.25, 0.3) is 0 Å². The summed E-state index contributed by atoms with van der Waals surface area (Å²) in [4.78, 5) is 4.42. The van der Waals surface area contributed by atoms with Gasteiger partial charge in [-0.1, -0.05) is 29.3 Å². The molecule has 0 aliphatic rings. The fourth-order valence-corrected chi connectivity index (χ4v) is 3.07. The molecule has 2 aromatic rings. The van der Waals surface area contributed by atoms with E-state index in [-0.39, 0.29) is 6.04 Å². The maximum Gasteiger partial charge on any atom is 0.0947 e. The topological polar surface area (TPSA) is 50.9 Å². The number of hydrogen-bond acceptors (Lipinski definition) is 4. The lowest BCUT2D eigenvalue weighted by atomic mass is 10.0. The second-order valence-corrected chi connectivity index (χ2v) is 5.76. The minimum atomic E-state index is -0.0692. The van der Waals surface area contributed by atoms with Crippen molar-refractivity contribution < 1.29 is 0 Å². The van der Waals surface area contributed by atoms with Gasteiger partial charge in [-0.15, -0.1) is 11.3 Å². The number of rotatable bonds is 4. The molecule has 96 valence electrons. The van der Waals surface area contributed by atoms with Crippen LogP contribution in [0.5, 0.6) is 0 Å². The molecular formula is C12H13Cl2N3S. The minimum Gasteiger partial charge on any atom is -0.271 e. The number of aryl methyl sites for hydroxylation is 1. The zero-order chi connectivity index (χ0) is 13.1. The molecule has 1 aromatic carbocycles. The summed E-state index contributed by atoms with van der Waals surface area (Å²) in [6, 6.07) is 5.34. The van der Waals surface area contributed by atoms with Crippen molar-refractivity contribution in [2.75, 3.05) is 0 Å². The van der Waals surface area contributed by atoms with Crippen molar-refractivity contribution in [3.63, 3.8) is 0 Å². The standard InChI is InChI=1S/C12H13Cl2N3S/c1-7-6-18-12(16-7)5-11(17-15)9-3-2-8(13)4-10(9)14/h2-4,6,11,17H,5,15H2,1H3. The summed E-state index contributed by atoms with van der Waals surface area (Å²) in [5.74, 6) is 5.60. The average molecular weight is 302 g/mol. The second-order valence-electron chi connectivity index (χ2n) is 3.97. The monoisotopic (exact) mass is 301 g/mol. The zero-order valence-corrected chi connectivity index (χ0v) is 12.1. The van der Waals surface area contributed by atoms with Gasteiger partial charge in [0.1, 0.15) is 0 Å². The first-order valence-electron chi connectivity index (χ1n) is 5.42. The van der Waals surface area contributed by atoms with E-state index in [0.29, 0.717) is 16.5 Å². The highest BCUT2D eigenvalue weighted by Crippen LogP contribution is 2.28. The second kappa shape index (κ2) is 5.99. The van der Waals surface area contributed by atoms with E-state index in [4.69, 9.17) is 29.0 Å². The molecule has 0 amide bonds. The molecule has 6 heteroatoms. The quantitative estimate of drug-likeness (QED) is 0.671. The van der Waals surface area contributed by atoms with E-state index in [0.717, 1.165) is 16.3 Å². The van der Waals surface area contributed by atoms with Crippen LogP contribution in [0, 0.1) is 6.92 Å². The highest BCUT2D eigenvalue weighted by molar-refractivity contribution is 7.09. The molecule has 0 aliphatic carbocycles. The number of halogens is 2. The van der Waals surface area contributed by atoms with Gasteiger partial charge in [0.2, 0.25) is 0 Å². The molecule has 0 spiro atoms. The average Bonchev–Trinajstić information content (AvgIpc) is 2.72. The lowest BCUT2D eigenvalue weighted by molar-refractivity contribution is 0.550. The third-order valence-corrected chi connectivity index (χ3v) is 4.14. The molecular weight excluding hydrogens is 289 g/mol. The third-order valence-electron chi connectivity index (χ3n) is 2.58. The van der Waals surface area contributed by atoms with Crippen molar-refractivity contribution >= 4 is 34.5 Å². The zero-order valence-electron chi connectivity index (χ0n) is 9.78. The van der Waals surface area contributed by atoms with Crippen LogP contribution in [-0.2, 0) is 6.42 Å². The number of benzene rings is 1. The molecule has 0 bridgehead atoms. The minimum absolute atomic E-state index is 0.0692. The summed E-state index contributed by atoms with van der Waals surface area (Å²) in [5.41, 5.74) is 4.72. The van der Waals surface area contributed by atoms with Gasteiger partial charge < -0.3 is 0 Å². The van der Waals surface area contributed by atoms with Gasteiger partial charge in [0, 0.05) is 27.5 Å². The Bertz CT molecular complexity index is 542. The maximum atomic E-state index is 6.18. The molecule has 0 radical (unpaired) electrons. The molecule has 1 heterocycles. The Balaban J connectivity index is 2.22. The van der Waals surface area contributed by atoms with Crippen LogP contribution in [0.1, 0.15) is 22.3 Å². The fourth-order valence-electron chi connectivity index (χ4n) is 1.71. The van der Waals surface area contributed by atoms with E-state index in [1.807, 2.05) is 18.4 Å². The van der Waals surface area contributed by atoms with Gasteiger partial charge in [0.05, 0.1) is 11.0 Å². The van der Waals surface area contributed by atoms with Gasteiger partial charge in [0.15, 0.2) is 0 Å². The summed E-state index contributed by atoms with van der Waals surface area (Å²) in [7, 11) is 0. The Hall–Kier alpha value is -0.650.